The van der Waals surface area contributed by atoms with Crippen molar-refractivity contribution in [2.75, 3.05) is 0 Å². The molecule has 80 valence electrons. The molecule has 0 bridgehead atoms. The number of halogens is 5. The Bertz CT molecular complexity index is 168. The molecular weight excluding hydrogens is 191 g/mol. The number of rotatable bonds is 4. The maximum Gasteiger partial charge on any atom is 0.287 e. The Morgan fingerprint density at radius 3 is 1.54 bits per heavy atom. The Morgan fingerprint density at radius 1 is 0.923 bits per heavy atom. The molecular formula is C8H13F5. The van der Waals surface area contributed by atoms with Crippen molar-refractivity contribution in [1.82, 2.24) is 0 Å². The Hall–Kier alpha value is -0.350. The SMILES string of the molecule is CCCC(F)(F)C(C)(F)C(C)(F)F. The fraction of sp³-hybridized carbons (Fsp3) is 1.00. The number of hydrogen-bond acceptors (Lipinski definition) is 0. The molecule has 0 rings (SSSR count). The minimum Gasteiger partial charge on any atom is -0.231 e. The van der Waals surface area contributed by atoms with Crippen LogP contribution >= 0.6 is 0 Å². The molecule has 0 aromatic heterocycles. The van der Waals surface area contributed by atoms with Crippen molar-refractivity contribution < 1.29 is 22.0 Å². The van der Waals surface area contributed by atoms with Crippen LogP contribution in [0.5, 0.6) is 0 Å². The van der Waals surface area contributed by atoms with E-state index in [0.717, 1.165) is 0 Å². The average molecular weight is 204 g/mol. The Labute approximate surface area is 74.1 Å². The van der Waals surface area contributed by atoms with Crippen molar-refractivity contribution >= 4 is 0 Å². The molecule has 0 aliphatic rings. The first kappa shape index (κ1) is 12.7. The lowest BCUT2D eigenvalue weighted by atomic mass is 9.90. The molecule has 0 aromatic carbocycles. The molecule has 1 atom stereocenters. The lowest BCUT2D eigenvalue weighted by Gasteiger charge is -2.34. The van der Waals surface area contributed by atoms with Crippen LogP contribution in [0.1, 0.15) is 33.6 Å². The fourth-order valence-corrected chi connectivity index (χ4v) is 0.870. The Balaban J connectivity index is 4.81. The van der Waals surface area contributed by atoms with Crippen LogP contribution in [0.15, 0.2) is 0 Å². The molecule has 0 fully saturated rings. The summed E-state index contributed by atoms with van der Waals surface area (Å²) in [6, 6.07) is 0. The Morgan fingerprint density at radius 2 is 1.31 bits per heavy atom. The molecule has 0 saturated heterocycles. The van der Waals surface area contributed by atoms with E-state index >= 15 is 0 Å². The van der Waals surface area contributed by atoms with Crippen molar-refractivity contribution in [3.63, 3.8) is 0 Å². The smallest absolute Gasteiger partial charge is 0.231 e. The molecule has 0 spiro atoms. The van der Waals surface area contributed by atoms with Crippen molar-refractivity contribution in [3.8, 4) is 0 Å². The van der Waals surface area contributed by atoms with Crippen LogP contribution in [-0.2, 0) is 0 Å². The molecule has 0 amide bonds. The average Bonchev–Trinajstić information content (AvgIpc) is 1.84. The van der Waals surface area contributed by atoms with Crippen LogP contribution in [0.2, 0.25) is 0 Å². The monoisotopic (exact) mass is 204 g/mol. The molecule has 1 unspecified atom stereocenters. The molecule has 13 heavy (non-hydrogen) atoms. The lowest BCUT2D eigenvalue weighted by Crippen LogP contribution is -2.53. The van der Waals surface area contributed by atoms with Crippen LogP contribution in [0.3, 0.4) is 0 Å². The molecule has 0 N–H and O–H groups in total. The maximum atomic E-state index is 13.1. The zero-order valence-electron chi connectivity index (χ0n) is 7.80. The van der Waals surface area contributed by atoms with Crippen molar-refractivity contribution in [3.05, 3.63) is 0 Å². The third-order valence-corrected chi connectivity index (χ3v) is 2.08. The first-order valence-electron chi connectivity index (χ1n) is 4.01. The minimum absolute atomic E-state index is 0.0391. The van der Waals surface area contributed by atoms with Gasteiger partial charge in [0.15, 0.2) is 0 Å². The van der Waals surface area contributed by atoms with Crippen LogP contribution in [-0.4, -0.2) is 17.5 Å². The number of alkyl halides is 5. The van der Waals surface area contributed by atoms with E-state index in [1.165, 1.54) is 6.92 Å². The van der Waals surface area contributed by atoms with Gasteiger partial charge in [-0.2, -0.15) is 0 Å². The van der Waals surface area contributed by atoms with E-state index in [2.05, 4.69) is 0 Å². The second kappa shape index (κ2) is 3.42. The number of hydrogen-bond donors (Lipinski definition) is 0. The van der Waals surface area contributed by atoms with Gasteiger partial charge in [-0.05, 0) is 6.92 Å². The van der Waals surface area contributed by atoms with E-state index in [-0.39, 0.29) is 20.3 Å². The third kappa shape index (κ3) is 2.31. The summed E-state index contributed by atoms with van der Waals surface area (Å²) in [6.07, 6.45) is -0.911. The molecule has 0 radical (unpaired) electrons. The van der Waals surface area contributed by atoms with E-state index < -0.39 is 23.9 Å². The van der Waals surface area contributed by atoms with Gasteiger partial charge in [0.1, 0.15) is 0 Å². The summed E-state index contributed by atoms with van der Waals surface area (Å²) in [4.78, 5) is 0. The Kier molecular flexibility index (Phi) is 3.33. The highest BCUT2D eigenvalue weighted by Gasteiger charge is 2.63. The van der Waals surface area contributed by atoms with Crippen molar-refractivity contribution in [2.45, 2.75) is 51.1 Å². The highest BCUT2D eigenvalue weighted by Crippen LogP contribution is 2.45. The van der Waals surface area contributed by atoms with Crippen LogP contribution in [0, 0.1) is 0 Å². The molecule has 0 aliphatic carbocycles. The maximum absolute atomic E-state index is 13.1. The van der Waals surface area contributed by atoms with E-state index in [1.54, 1.807) is 0 Å². The quantitative estimate of drug-likeness (QED) is 0.611. The van der Waals surface area contributed by atoms with Gasteiger partial charge in [-0.15, -0.1) is 0 Å². The second-order valence-corrected chi connectivity index (χ2v) is 3.35. The summed E-state index contributed by atoms with van der Waals surface area (Å²) in [6.45, 7) is 1.79. The third-order valence-electron chi connectivity index (χ3n) is 2.08. The first-order valence-corrected chi connectivity index (χ1v) is 4.01. The van der Waals surface area contributed by atoms with Crippen molar-refractivity contribution in [1.29, 1.82) is 0 Å². The molecule has 0 heterocycles. The van der Waals surface area contributed by atoms with Gasteiger partial charge >= 0.3 is 0 Å². The van der Waals surface area contributed by atoms with Gasteiger partial charge in [-0.1, -0.05) is 13.3 Å². The summed E-state index contributed by atoms with van der Waals surface area (Å²) in [7, 11) is 0. The summed E-state index contributed by atoms with van der Waals surface area (Å²) < 4.78 is 63.7. The summed E-state index contributed by atoms with van der Waals surface area (Å²) in [5.41, 5.74) is -3.78. The van der Waals surface area contributed by atoms with Crippen LogP contribution < -0.4 is 0 Å². The van der Waals surface area contributed by atoms with Gasteiger partial charge in [-0.25, -0.2) is 22.0 Å². The van der Waals surface area contributed by atoms with E-state index in [1.807, 2.05) is 0 Å². The summed E-state index contributed by atoms with van der Waals surface area (Å²) in [5.74, 6) is -8.02. The standard InChI is InChI=1S/C8H13F5/c1-4-5-8(12,13)6(2,9)7(3,10)11/h4-5H2,1-3H3. The summed E-state index contributed by atoms with van der Waals surface area (Å²) in [5, 5.41) is 0. The van der Waals surface area contributed by atoms with E-state index in [9.17, 15) is 22.0 Å². The molecule has 0 aliphatic heterocycles. The molecule has 5 heteroatoms. The zero-order chi connectivity index (χ0) is 10.9. The van der Waals surface area contributed by atoms with E-state index in [4.69, 9.17) is 0 Å². The normalized spacial score (nSPS) is 18.5. The van der Waals surface area contributed by atoms with Gasteiger partial charge in [0.25, 0.3) is 11.8 Å². The second-order valence-electron chi connectivity index (χ2n) is 3.35. The first-order chi connectivity index (χ1) is 5.56. The predicted octanol–water partition coefficient (Wildman–Crippen LogP) is 3.81. The molecule has 0 saturated carbocycles. The van der Waals surface area contributed by atoms with Crippen LogP contribution in [0.4, 0.5) is 22.0 Å². The lowest BCUT2D eigenvalue weighted by molar-refractivity contribution is -0.233. The van der Waals surface area contributed by atoms with E-state index in [0.29, 0.717) is 0 Å². The summed E-state index contributed by atoms with van der Waals surface area (Å²) >= 11 is 0. The van der Waals surface area contributed by atoms with Gasteiger partial charge in [0.05, 0.1) is 0 Å². The van der Waals surface area contributed by atoms with Gasteiger partial charge < -0.3 is 0 Å². The largest absolute Gasteiger partial charge is 0.287 e. The predicted molar refractivity (Wildman–Crippen MR) is 40.0 cm³/mol. The fourth-order valence-electron chi connectivity index (χ4n) is 0.870. The topological polar surface area (TPSA) is 0 Å². The molecule has 0 nitrogen and oxygen atoms in total. The highest BCUT2D eigenvalue weighted by molar-refractivity contribution is 4.98. The van der Waals surface area contributed by atoms with Gasteiger partial charge in [0, 0.05) is 13.3 Å². The minimum atomic E-state index is -4.04. The highest BCUT2D eigenvalue weighted by atomic mass is 19.3. The molecule has 0 aromatic rings. The van der Waals surface area contributed by atoms with Gasteiger partial charge in [0.2, 0.25) is 5.67 Å². The zero-order valence-corrected chi connectivity index (χ0v) is 7.80. The van der Waals surface area contributed by atoms with Gasteiger partial charge in [-0.3, -0.25) is 0 Å². The van der Waals surface area contributed by atoms with Crippen molar-refractivity contribution in [2.24, 2.45) is 0 Å². The van der Waals surface area contributed by atoms with Crippen LogP contribution in [0.25, 0.3) is 0 Å².